The minimum Gasteiger partial charge on any atom is -0.466 e. The standard InChI is InChI=1S/C19H27NO6/c1-2-3-4-5-6-14-25-18(21)8-7-9-19(22)26-15-16-10-12-17(13-11-16)20(23)24/h10-13H,2-9,14-15H2,1H3. The van der Waals surface area contributed by atoms with E-state index in [4.69, 9.17) is 9.47 Å². The number of nitro benzene ring substituents is 1. The molecule has 0 aliphatic heterocycles. The van der Waals surface area contributed by atoms with Gasteiger partial charge in [0.1, 0.15) is 6.61 Å². The number of rotatable bonds is 13. The van der Waals surface area contributed by atoms with Gasteiger partial charge in [0.25, 0.3) is 5.69 Å². The van der Waals surface area contributed by atoms with Crippen molar-refractivity contribution in [3.05, 3.63) is 39.9 Å². The Labute approximate surface area is 153 Å². The van der Waals surface area contributed by atoms with Gasteiger partial charge in [-0.2, -0.15) is 0 Å². The lowest BCUT2D eigenvalue weighted by Gasteiger charge is -2.06. The van der Waals surface area contributed by atoms with E-state index in [1.54, 1.807) is 12.1 Å². The van der Waals surface area contributed by atoms with Crippen LogP contribution in [0.25, 0.3) is 0 Å². The van der Waals surface area contributed by atoms with Gasteiger partial charge in [0.15, 0.2) is 0 Å². The number of benzene rings is 1. The molecule has 0 spiro atoms. The first-order chi connectivity index (χ1) is 12.5. The summed E-state index contributed by atoms with van der Waals surface area (Å²) in [5.41, 5.74) is 0.662. The Morgan fingerprint density at radius 1 is 0.923 bits per heavy atom. The summed E-state index contributed by atoms with van der Waals surface area (Å²) in [5, 5.41) is 10.6. The summed E-state index contributed by atoms with van der Waals surface area (Å²) in [6.07, 6.45) is 6.21. The monoisotopic (exact) mass is 365 g/mol. The van der Waals surface area contributed by atoms with Crippen LogP contribution in [0.3, 0.4) is 0 Å². The highest BCUT2D eigenvalue weighted by Crippen LogP contribution is 2.13. The Morgan fingerprint density at radius 2 is 1.54 bits per heavy atom. The van der Waals surface area contributed by atoms with Crippen LogP contribution in [0.4, 0.5) is 5.69 Å². The van der Waals surface area contributed by atoms with E-state index in [0.29, 0.717) is 18.6 Å². The van der Waals surface area contributed by atoms with E-state index in [1.165, 1.54) is 25.0 Å². The summed E-state index contributed by atoms with van der Waals surface area (Å²) in [7, 11) is 0. The second kappa shape index (κ2) is 12.9. The van der Waals surface area contributed by atoms with Gasteiger partial charge < -0.3 is 9.47 Å². The van der Waals surface area contributed by atoms with Crippen LogP contribution < -0.4 is 0 Å². The maximum Gasteiger partial charge on any atom is 0.306 e. The number of non-ortho nitro benzene ring substituents is 1. The Morgan fingerprint density at radius 3 is 2.15 bits per heavy atom. The summed E-state index contributed by atoms with van der Waals surface area (Å²) in [5.74, 6) is -0.695. The smallest absolute Gasteiger partial charge is 0.306 e. The van der Waals surface area contributed by atoms with E-state index >= 15 is 0 Å². The number of carbonyl (C=O) groups is 2. The number of hydrogen-bond acceptors (Lipinski definition) is 6. The van der Waals surface area contributed by atoms with E-state index in [2.05, 4.69) is 6.92 Å². The molecule has 1 rings (SSSR count). The first kappa shape index (κ1) is 21.6. The molecule has 0 radical (unpaired) electrons. The van der Waals surface area contributed by atoms with E-state index in [-0.39, 0.29) is 31.1 Å². The van der Waals surface area contributed by atoms with Crippen LogP contribution in [0.15, 0.2) is 24.3 Å². The number of nitro groups is 1. The molecule has 7 nitrogen and oxygen atoms in total. The average Bonchev–Trinajstić information content (AvgIpc) is 2.63. The van der Waals surface area contributed by atoms with Gasteiger partial charge in [0.05, 0.1) is 11.5 Å². The van der Waals surface area contributed by atoms with Crippen molar-refractivity contribution in [2.75, 3.05) is 6.61 Å². The fourth-order valence-electron chi connectivity index (χ4n) is 2.29. The van der Waals surface area contributed by atoms with Gasteiger partial charge in [0, 0.05) is 25.0 Å². The molecule has 26 heavy (non-hydrogen) atoms. The van der Waals surface area contributed by atoms with Crippen molar-refractivity contribution in [1.82, 2.24) is 0 Å². The molecular weight excluding hydrogens is 338 g/mol. The predicted octanol–water partition coefficient (Wildman–Crippen LogP) is 4.32. The lowest BCUT2D eigenvalue weighted by molar-refractivity contribution is -0.384. The molecule has 0 aliphatic rings. The topological polar surface area (TPSA) is 95.7 Å². The highest BCUT2D eigenvalue weighted by molar-refractivity contribution is 5.72. The molecule has 0 bridgehead atoms. The molecule has 0 saturated heterocycles. The minimum absolute atomic E-state index is 0.0102. The molecule has 0 amide bonds. The van der Waals surface area contributed by atoms with E-state index in [1.807, 2.05) is 0 Å². The fourth-order valence-corrected chi connectivity index (χ4v) is 2.29. The van der Waals surface area contributed by atoms with Crippen molar-refractivity contribution in [1.29, 1.82) is 0 Å². The van der Waals surface area contributed by atoms with Gasteiger partial charge in [0.2, 0.25) is 0 Å². The van der Waals surface area contributed by atoms with Gasteiger partial charge in [-0.1, -0.05) is 32.6 Å². The second-order valence-corrected chi connectivity index (χ2v) is 6.07. The van der Waals surface area contributed by atoms with Gasteiger partial charge in [-0.15, -0.1) is 0 Å². The molecule has 0 fully saturated rings. The van der Waals surface area contributed by atoms with Crippen LogP contribution in [-0.2, 0) is 25.7 Å². The van der Waals surface area contributed by atoms with Crippen LogP contribution in [0.5, 0.6) is 0 Å². The van der Waals surface area contributed by atoms with Gasteiger partial charge in [-0.05, 0) is 30.5 Å². The third-order valence-corrected chi connectivity index (χ3v) is 3.82. The summed E-state index contributed by atoms with van der Waals surface area (Å²) >= 11 is 0. The maximum absolute atomic E-state index is 11.7. The average molecular weight is 365 g/mol. The molecular formula is C19H27NO6. The fraction of sp³-hybridized carbons (Fsp3) is 0.579. The van der Waals surface area contributed by atoms with Crippen LogP contribution in [0.2, 0.25) is 0 Å². The van der Waals surface area contributed by atoms with Gasteiger partial charge >= 0.3 is 11.9 Å². The predicted molar refractivity (Wildman–Crippen MR) is 96.5 cm³/mol. The maximum atomic E-state index is 11.7. The van der Waals surface area contributed by atoms with Gasteiger partial charge in [-0.3, -0.25) is 19.7 Å². The molecule has 1 aromatic carbocycles. The zero-order chi connectivity index (χ0) is 19.2. The third kappa shape index (κ3) is 9.76. The zero-order valence-electron chi connectivity index (χ0n) is 15.3. The molecule has 0 atom stereocenters. The van der Waals surface area contributed by atoms with Crippen molar-refractivity contribution >= 4 is 17.6 Å². The number of carbonyl (C=O) groups excluding carboxylic acids is 2. The van der Waals surface area contributed by atoms with E-state index in [0.717, 1.165) is 19.3 Å². The quantitative estimate of drug-likeness (QED) is 0.223. The van der Waals surface area contributed by atoms with Crippen LogP contribution in [0.1, 0.15) is 63.9 Å². The number of ether oxygens (including phenoxy) is 2. The number of unbranched alkanes of at least 4 members (excludes halogenated alkanes) is 4. The zero-order valence-corrected chi connectivity index (χ0v) is 15.3. The lowest BCUT2D eigenvalue weighted by Crippen LogP contribution is -2.09. The molecule has 0 unspecified atom stereocenters. The van der Waals surface area contributed by atoms with Crippen molar-refractivity contribution in [2.24, 2.45) is 0 Å². The van der Waals surface area contributed by atoms with Crippen molar-refractivity contribution in [2.45, 2.75) is 64.9 Å². The van der Waals surface area contributed by atoms with Crippen LogP contribution in [0, 0.1) is 10.1 Å². The van der Waals surface area contributed by atoms with Crippen molar-refractivity contribution in [3.63, 3.8) is 0 Å². The second-order valence-electron chi connectivity index (χ2n) is 6.07. The molecule has 0 aromatic heterocycles. The summed E-state index contributed by atoms with van der Waals surface area (Å²) in [6.45, 7) is 2.64. The minimum atomic E-state index is -0.486. The SMILES string of the molecule is CCCCCCCOC(=O)CCCC(=O)OCc1ccc([N+](=O)[O-])cc1. The van der Waals surface area contributed by atoms with E-state index < -0.39 is 10.9 Å². The Hall–Kier alpha value is -2.44. The highest BCUT2D eigenvalue weighted by atomic mass is 16.6. The first-order valence-corrected chi connectivity index (χ1v) is 9.07. The van der Waals surface area contributed by atoms with Crippen LogP contribution in [-0.4, -0.2) is 23.5 Å². The Bertz CT molecular complexity index is 570. The molecule has 0 saturated carbocycles. The Balaban J connectivity index is 2.09. The molecule has 0 aliphatic carbocycles. The normalized spacial score (nSPS) is 10.3. The molecule has 1 aromatic rings. The van der Waals surface area contributed by atoms with Gasteiger partial charge in [-0.25, -0.2) is 0 Å². The number of esters is 2. The number of hydrogen-bond donors (Lipinski definition) is 0. The molecule has 0 N–H and O–H groups in total. The summed E-state index contributed by atoms with van der Waals surface area (Å²) in [6, 6.07) is 5.81. The molecule has 7 heteroatoms. The Kier molecular flexibility index (Phi) is 10.7. The molecule has 0 heterocycles. The van der Waals surface area contributed by atoms with Crippen LogP contribution >= 0.6 is 0 Å². The van der Waals surface area contributed by atoms with Crippen molar-refractivity contribution in [3.8, 4) is 0 Å². The summed E-state index contributed by atoms with van der Waals surface area (Å²) < 4.78 is 10.2. The first-order valence-electron chi connectivity index (χ1n) is 9.07. The summed E-state index contributed by atoms with van der Waals surface area (Å²) in [4.78, 5) is 33.3. The molecule has 144 valence electrons. The lowest BCUT2D eigenvalue weighted by atomic mass is 10.2. The highest BCUT2D eigenvalue weighted by Gasteiger charge is 2.09. The number of nitrogens with zero attached hydrogens (tertiary/aromatic N) is 1. The third-order valence-electron chi connectivity index (χ3n) is 3.82. The van der Waals surface area contributed by atoms with E-state index in [9.17, 15) is 19.7 Å². The largest absolute Gasteiger partial charge is 0.466 e. The van der Waals surface area contributed by atoms with Crippen molar-refractivity contribution < 1.29 is 24.0 Å².